The molecule has 2 rings (SSSR count). The van der Waals surface area contributed by atoms with Crippen LogP contribution in [-0.4, -0.2) is 22.8 Å². The third-order valence-corrected chi connectivity index (χ3v) is 3.81. The fourth-order valence-corrected chi connectivity index (χ4v) is 2.45. The van der Waals surface area contributed by atoms with Crippen molar-refractivity contribution in [3.63, 3.8) is 0 Å². The summed E-state index contributed by atoms with van der Waals surface area (Å²) in [5.41, 5.74) is 5.92. The lowest BCUT2D eigenvalue weighted by Crippen LogP contribution is -2.45. The first-order chi connectivity index (χ1) is 12.4. The van der Waals surface area contributed by atoms with Crippen molar-refractivity contribution in [2.45, 2.75) is 25.3 Å². The topological polar surface area (TPSA) is 115 Å². The number of aryl methyl sites for hydroxylation is 1. The molecule has 0 unspecified atom stereocenters. The van der Waals surface area contributed by atoms with Gasteiger partial charge in [-0.2, -0.15) is 4.39 Å². The van der Waals surface area contributed by atoms with Gasteiger partial charge < -0.3 is 11.1 Å². The van der Waals surface area contributed by atoms with E-state index in [4.69, 9.17) is 5.73 Å². The van der Waals surface area contributed by atoms with E-state index < -0.39 is 28.4 Å². The molecule has 136 valence electrons. The van der Waals surface area contributed by atoms with E-state index >= 15 is 0 Å². The predicted molar refractivity (Wildman–Crippen MR) is 92.6 cm³/mol. The number of nitrogens with two attached hydrogens (primary N) is 1. The minimum absolute atomic E-state index is 0.0620. The highest BCUT2D eigenvalue weighted by molar-refractivity contribution is 5.86. The van der Waals surface area contributed by atoms with E-state index in [1.165, 1.54) is 6.07 Å². The second-order valence-electron chi connectivity index (χ2n) is 5.76. The summed E-state index contributed by atoms with van der Waals surface area (Å²) in [6.45, 7) is 0. The quantitative estimate of drug-likeness (QED) is 0.553. The minimum atomic E-state index is -1.04. The summed E-state index contributed by atoms with van der Waals surface area (Å²) in [6.07, 6.45) is 0.602. The number of hydrogen-bond acceptors (Lipinski definition) is 4. The number of halogens is 1. The molecule has 0 aliphatic rings. The Morgan fingerprint density at radius 3 is 2.46 bits per heavy atom. The van der Waals surface area contributed by atoms with Crippen LogP contribution in [0.5, 0.6) is 0 Å². The van der Waals surface area contributed by atoms with Gasteiger partial charge >= 0.3 is 5.69 Å². The number of carbonyl (C=O) groups excluding carboxylic acids is 2. The first-order valence-corrected chi connectivity index (χ1v) is 7.92. The van der Waals surface area contributed by atoms with Crippen molar-refractivity contribution in [1.82, 2.24) is 5.32 Å². The molecule has 0 aromatic heterocycles. The maximum Gasteiger partial charge on any atom is 0.305 e. The van der Waals surface area contributed by atoms with Crippen LogP contribution in [0, 0.1) is 15.9 Å². The summed E-state index contributed by atoms with van der Waals surface area (Å²) < 4.78 is 13.4. The molecule has 0 aliphatic heterocycles. The Morgan fingerprint density at radius 1 is 1.15 bits per heavy atom. The van der Waals surface area contributed by atoms with E-state index in [0.717, 1.165) is 17.7 Å². The van der Waals surface area contributed by atoms with Gasteiger partial charge in [-0.1, -0.05) is 36.4 Å². The molecule has 26 heavy (non-hydrogen) atoms. The Labute approximate surface area is 149 Å². The zero-order valence-corrected chi connectivity index (χ0v) is 13.9. The van der Waals surface area contributed by atoms with Crippen molar-refractivity contribution < 1.29 is 18.9 Å². The highest BCUT2D eigenvalue weighted by Crippen LogP contribution is 2.19. The van der Waals surface area contributed by atoms with Crippen LogP contribution in [-0.2, 0) is 22.4 Å². The van der Waals surface area contributed by atoms with Gasteiger partial charge in [-0.3, -0.25) is 19.7 Å². The lowest BCUT2D eigenvalue weighted by atomic mass is 10.0. The van der Waals surface area contributed by atoms with Crippen LogP contribution < -0.4 is 11.1 Å². The van der Waals surface area contributed by atoms with Gasteiger partial charge in [0.05, 0.1) is 4.92 Å². The van der Waals surface area contributed by atoms with Crippen molar-refractivity contribution in [3.8, 4) is 0 Å². The van der Waals surface area contributed by atoms with E-state index in [0.29, 0.717) is 12.0 Å². The van der Waals surface area contributed by atoms with Crippen molar-refractivity contribution >= 4 is 17.5 Å². The molecule has 0 radical (unpaired) electrons. The zero-order valence-electron chi connectivity index (χ0n) is 13.9. The van der Waals surface area contributed by atoms with Crippen LogP contribution >= 0.6 is 0 Å². The smallest absolute Gasteiger partial charge is 0.305 e. The maximum absolute atomic E-state index is 13.4. The number of hydrogen-bond donors (Lipinski definition) is 2. The van der Waals surface area contributed by atoms with Gasteiger partial charge in [-0.15, -0.1) is 0 Å². The molecular formula is C18H18FN3O4. The Hall–Kier alpha value is -3.29. The molecule has 0 spiro atoms. The second-order valence-corrected chi connectivity index (χ2v) is 5.76. The fraction of sp³-hybridized carbons (Fsp3) is 0.222. The molecule has 3 N–H and O–H groups in total. The van der Waals surface area contributed by atoms with Crippen molar-refractivity contribution in [3.05, 3.63) is 75.6 Å². The summed E-state index contributed by atoms with van der Waals surface area (Å²) in [4.78, 5) is 33.6. The Morgan fingerprint density at radius 2 is 1.85 bits per heavy atom. The summed E-state index contributed by atoms with van der Waals surface area (Å²) in [5.74, 6) is -2.11. The highest BCUT2D eigenvalue weighted by atomic mass is 19.1. The van der Waals surface area contributed by atoms with Crippen LogP contribution in [0.25, 0.3) is 0 Å². The maximum atomic E-state index is 13.4. The molecule has 0 bridgehead atoms. The number of benzene rings is 2. The van der Waals surface area contributed by atoms with Gasteiger partial charge in [0, 0.05) is 18.9 Å². The van der Waals surface area contributed by atoms with E-state index in [1.54, 1.807) is 0 Å². The number of carbonyl (C=O) groups is 2. The zero-order chi connectivity index (χ0) is 19.1. The van der Waals surface area contributed by atoms with E-state index in [9.17, 15) is 24.1 Å². The van der Waals surface area contributed by atoms with Crippen LogP contribution in [0.4, 0.5) is 10.1 Å². The number of primary amides is 1. The molecule has 2 aromatic rings. The summed E-state index contributed by atoms with van der Waals surface area (Å²) in [6, 6.07) is 11.6. The lowest BCUT2D eigenvalue weighted by molar-refractivity contribution is -0.387. The van der Waals surface area contributed by atoms with Gasteiger partial charge in [-0.25, -0.2) is 0 Å². The molecule has 8 heteroatoms. The first kappa shape index (κ1) is 19.0. The lowest BCUT2D eigenvalue weighted by Gasteiger charge is -2.15. The van der Waals surface area contributed by atoms with Gasteiger partial charge in [0.15, 0.2) is 0 Å². The number of nitro benzene ring substituents is 1. The van der Waals surface area contributed by atoms with Crippen molar-refractivity contribution in [2.24, 2.45) is 5.73 Å². The molecule has 7 nitrogen and oxygen atoms in total. The van der Waals surface area contributed by atoms with Gasteiger partial charge in [-0.05, 0) is 23.6 Å². The fourth-order valence-electron chi connectivity index (χ4n) is 2.45. The van der Waals surface area contributed by atoms with Crippen LogP contribution in [0.15, 0.2) is 48.5 Å². The number of nitrogens with one attached hydrogen (secondary N) is 1. The molecule has 2 amide bonds. The standard InChI is InChI=1S/C18H18FN3O4/c19-14-8-6-13(11-16(14)22(25)26)10-15(18(20)24)21-17(23)9-7-12-4-2-1-3-5-12/h1-6,8,11,15H,7,9-10H2,(H2,20,24)(H,21,23)/t15-/m0/s1. The number of nitrogens with zero attached hydrogens (tertiary/aromatic N) is 1. The molecule has 1 atom stereocenters. The van der Waals surface area contributed by atoms with E-state index in [-0.39, 0.29) is 18.7 Å². The molecule has 0 fully saturated rings. The van der Waals surface area contributed by atoms with Crippen LogP contribution in [0.2, 0.25) is 0 Å². The normalized spacial score (nSPS) is 11.6. The number of nitro groups is 1. The first-order valence-electron chi connectivity index (χ1n) is 7.92. The predicted octanol–water partition coefficient (Wildman–Crippen LogP) is 1.88. The Balaban J connectivity index is 2.00. The van der Waals surface area contributed by atoms with Crippen molar-refractivity contribution in [1.29, 1.82) is 0 Å². The molecule has 0 saturated carbocycles. The summed E-state index contributed by atoms with van der Waals surface area (Å²) >= 11 is 0. The van der Waals surface area contributed by atoms with Gasteiger partial charge in [0.25, 0.3) is 0 Å². The number of rotatable bonds is 8. The average molecular weight is 359 g/mol. The Kier molecular flexibility index (Phi) is 6.37. The molecule has 2 aromatic carbocycles. The summed E-state index contributed by atoms with van der Waals surface area (Å²) in [5, 5.41) is 13.3. The number of amides is 2. The molecule has 0 saturated heterocycles. The highest BCUT2D eigenvalue weighted by Gasteiger charge is 2.21. The van der Waals surface area contributed by atoms with E-state index in [2.05, 4.69) is 5.32 Å². The minimum Gasteiger partial charge on any atom is -0.368 e. The van der Waals surface area contributed by atoms with Gasteiger partial charge in [0.2, 0.25) is 17.6 Å². The third kappa shape index (κ3) is 5.37. The molecular weight excluding hydrogens is 341 g/mol. The monoisotopic (exact) mass is 359 g/mol. The second kappa shape index (κ2) is 8.70. The van der Waals surface area contributed by atoms with E-state index in [1.807, 2.05) is 30.3 Å². The van der Waals surface area contributed by atoms with Crippen LogP contribution in [0.1, 0.15) is 17.5 Å². The molecule has 0 aliphatic carbocycles. The average Bonchev–Trinajstić information content (AvgIpc) is 2.61. The summed E-state index contributed by atoms with van der Waals surface area (Å²) in [7, 11) is 0. The van der Waals surface area contributed by atoms with Crippen LogP contribution in [0.3, 0.4) is 0 Å². The Bertz CT molecular complexity index is 811. The largest absolute Gasteiger partial charge is 0.368 e. The molecule has 0 heterocycles. The SMILES string of the molecule is NC(=O)[C@H](Cc1ccc(F)c([N+](=O)[O-])c1)NC(=O)CCc1ccccc1. The third-order valence-electron chi connectivity index (χ3n) is 3.81. The van der Waals surface area contributed by atoms with Crippen molar-refractivity contribution in [2.75, 3.05) is 0 Å². The van der Waals surface area contributed by atoms with Gasteiger partial charge in [0.1, 0.15) is 6.04 Å².